The molecule has 13 heavy (non-hydrogen) atoms. The van der Waals surface area contributed by atoms with E-state index in [1.165, 1.54) is 11.1 Å². The summed E-state index contributed by atoms with van der Waals surface area (Å²) in [6.45, 7) is 4.19. The molecule has 1 heteroatoms. The number of allylic oxidation sites excluding steroid dienone is 8. The van der Waals surface area contributed by atoms with Gasteiger partial charge in [-0.15, -0.1) is 5.92 Å². The van der Waals surface area contributed by atoms with Crippen LogP contribution in [0.1, 0.15) is 14.3 Å². The molecular formula is C12H14Hf-2. The van der Waals surface area contributed by atoms with Gasteiger partial charge in [-0.2, -0.15) is 0 Å². The molecule has 0 spiro atoms. The van der Waals surface area contributed by atoms with Crippen molar-refractivity contribution in [2.75, 3.05) is 0 Å². The van der Waals surface area contributed by atoms with Gasteiger partial charge in [0.15, 0.2) is 0 Å². The third kappa shape index (κ3) is 2.40. The summed E-state index contributed by atoms with van der Waals surface area (Å²) in [5.74, 6) is 0.398. The van der Waals surface area contributed by atoms with Gasteiger partial charge in [0.05, 0.1) is 0 Å². The van der Waals surface area contributed by atoms with E-state index in [0.29, 0.717) is 5.92 Å². The second kappa shape index (κ2) is 4.90. The van der Waals surface area contributed by atoms with E-state index in [9.17, 15) is 0 Å². The van der Waals surface area contributed by atoms with Crippen molar-refractivity contribution >= 4 is 0 Å². The minimum atomic E-state index is 0. The van der Waals surface area contributed by atoms with Gasteiger partial charge >= 0.3 is 0 Å². The molecule has 0 amide bonds. The monoisotopic (exact) mass is 338 g/mol. The van der Waals surface area contributed by atoms with Crippen molar-refractivity contribution in [3.05, 3.63) is 54.5 Å². The molecule has 0 atom stereocenters. The maximum Gasteiger partial charge on any atom is 0 e. The predicted octanol–water partition coefficient (Wildman–Crippen LogP) is 3.32. The Bertz CT molecular complexity index is 267. The summed E-state index contributed by atoms with van der Waals surface area (Å²) >= 11 is 0. The van der Waals surface area contributed by atoms with Gasteiger partial charge in [-0.1, -0.05) is 47.6 Å². The van der Waals surface area contributed by atoms with Crippen LogP contribution in [0, 0.1) is 12.8 Å². The minimum Gasteiger partial charge on any atom is -1.00 e. The Balaban J connectivity index is 0.000000845. The fourth-order valence-corrected chi connectivity index (χ4v) is 1.68. The first-order valence-electron chi connectivity index (χ1n) is 4.42. The Morgan fingerprint density at radius 3 is 1.85 bits per heavy atom. The molecule has 0 aromatic heterocycles. The van der Waals surface area contributed by atoms with Gasteiger partial charge in [-0.25, -0.2) is 0 Å². The standard InChI is InChI=1S/C12H13.Hf.H/c1-10(11-6-2-3-7-11)12-8-4-5-9-12;;/h2-6,8,10H,1,7,9H2;;/q-1;;-1. The van der Waals surface area contributed by atoms with E-state index in [1.54, 1.807) is 0 Å². The Morgan fingerprint density at radius 2 is 1.54 bits per heavy atom. The van der Waals surface area contributed by atoms with E-state index in [-0.39, 0.29) is 27.3 Å². The normalized spacial score (nSPS) is 18.9. The SMILES string of the molecule is [CH2-]C(C1=CC=CC1)C1=CC=CC1.[H-].[Hf]. The Kier molecular flexibility index (Phi) is 4.11. The molecule has 0 heterocycles. The topological polar surface area (TPSA) is 0 Å². The molecule has 2 aliphatic carbocycles. The van der Waals surface area contributed by atoms with Crippen LogP contribution in [-0.4, -0.2) is 0 Å². The fraction of sp³-hybridized carbons (Fsp3) is 0.250. The van der Waals surface area contributed by atoms with Crippen LogP contribution in [0.2, 0.25) is 0 Å². The van der Waals surface area contributed by atoms with Crippen LogP contribution < -0.4 is 0 Å². The minimum absolute atomic E-state index is 0. The van der Waals surface area contributed by atoms with E-state index in [4.69, 9.17) is 0 Å². The van der Waals surface area contributed by atoms with Crippen molar-refractivity contribution in [3.63, 3.8) is 0 Å². The van der Waals surface area contributed by atoms with Gasteiger partial charge in [0, 0.05) is 25.8 Å². The molecule has 0 aliphatic heterocycles. The Morgan fingerprint density at radius 1 is 1.08 bits per heavy atom. The van der Waals surface area contributed by atoms with Crippen LogP contribution in [0.5, 0.6) is 0 Å². The zero-order valence-electron chi connectivity index (χ0n) is 8.66. The van der Waals surface area contributed by atoms with Crippen molar-refractivity contribution in [2.45, 2.75) is 12.8 Å². The quantitative estimate of drug-likeness (QED) is 0.536. The van der Waals surface area contributed by atoms with Gasteiger partial charge in [0.1, 0.15) is 0 Å². The van der Waals surface area contributed by atoms with Gasteiger partial charge < -0.3 is 8.35 Å². The van der Waals surface area contributed by atoms with Gasteiger partial charge in [-0.3, -0.25) is 0 Å². The molecule has 0 aromatic rings. The van der Waals surface area contributed by atoms with Gasteiger partial charge in [-0.05, 0) is 12.8 Å². The zero-order valence-corrected chi connectivity index (χ0v) is 11.3. The zero-order chi connectivity index (χ0) is 8.39. The molecule has 0 saturated heterocycles. The third-order valence-electron chi connectivity index (χ3n) is 2.50. The summed E-state index contributed by atoms with van der Waals surface area (Å²) < 4.78 is 0. The maximum atomic E-state index is 4.19. The molecule has 0 unspecified atom stereocenters. The predicted molar refractivity (Wildman–Crippen MR) is 53.6 cm³/mol. The smallest absolute Gasteiger partial charge is 0 e. The molecule has 0 radical (unpaired) electrons. The van der Waals surface area contributed by atoms with Gasteiger partial charge in [0.2, 0.25) is 0 Å². The number of rotatable bonds is 2. The van der Waals surface area contributed by atoms with E-state index < -0.39 is 0 Å². The van der Waals surface area contributed by atoms with E-state index in [2.05, 4.69) is 43.4 Å². The molecule has 68 valence electrons. The summed E-state index contributed by atoms with van der Waals surface area (Å²) in [7, 11) is 0. The van der Waals surface area contributed by atoms with Crippen LogP contribution in [0.25, 0.3) is 0 Å². The van der Waals surface area contributed by atoms with E-state index in [0.717, 1.165) is 12.8 Å². The van der Waals surface area contributed by atoms with Crippen molar-refractivity contribution in [3.8, 4) is 0 Å². The Labute approximate surface area is 100 Å². The molecule has 0 saturated carbocycles. The van der Waals surface area contributed by atoms with Crippen molar-refractivity contribution in [1.29, 1.82) is 0 Å². The van der Waals surface area contributed by atoms with Crippen molar-refractivity contribution < 1.29 is 27.3 Å². The number of hydrogen-bond donors (Lipinski definition) is 0. The first kappa shape index (κ1) is 10.9. The first-order chi connectivity index (χ1) is 5.88. The molecule has 0 N–H and O–H groups in total. The van der Waals surface area contributed by atoms with Crippen LogP contribution in [0.4, 0.5) is 0 Å². The summed E-state index contributed by atoms with van der Waals surface area (Å²) in [5, 5.41) is 0. The first-order valence-corrected chi connectivity index (χ1v) is 4.42. The molecular weight excluding hydrogens is 323 g/mol. The average molecular weight is 337 g/mol. The van der Waals surface area contributed by atoms with Crippen LogP contribution in [0.3, 0.4) is 0 Å². The summed E-state index contributed by atoms with van der Waals surface area (Å²) in [5.41, 5.74) is 2.90. The van der Waals surface area contributed by atoms with Crippen molar-refractivity contribution in [2.24, 2.45) is 5.92 Å². The van der Waals surface area contributed by atoms with Crippen LogP contribution >= 0.6 is 0 Å². The van der Waals surface area contributed by atoms with Crippen LogP contribution in [0.15, 0.2) is 47.6 Å². The van der Waals surface area contributed by atoms with Crippen molar-refractivity contribution in [1.82, 2.24) is 0 Å². The number of hydrogen-bond acceptors (Lipinski definition) is 0. The third-order valence-corrected chi connectivity index (χ3v) is 2.50. The molecule has 2 rings (SSSR count). The summed E-state index contributed by atoms with van der Waals surface area (Å²) in [4.78, 5) is 0. The second-order valence-electron chi connectivity index (χ2n) is 3.30. The summed E-state index contributed by atoms with van der Waals surface area (Å²) in [6, 6.07) is 0. The molecule has 2 aliphatic rings. The average Bonchev–Trinajstić information content (AvgIpc) is 2.77. The molecule has 0 aromatic carbocycles. The van der Waals surface area contributed by atoms with E-state index in [1.807, 2.05) is 0 Å². The molecule has 0 bridgehead atoms. The fourth-order valence-electron chi connectivity index (χ4n) is 1.68. The second-order valence-corrected chi connectivity index (χ2v) is 3.30. The summed E-state index contributed by atoms with van der Waals surface area (Å²) in [6.07, 6.45) is 15.2. The largest absolute Gasteiger partial charge is 1.00 e. The van der Waals surface area contributed by atoms with Gasteiger partial charge in [0.25, 0.3) is 0 Å². The molecule has 0 fully saturated rings. The Hall–Kier alpha value is -0.170. The van der Waals surface area contributed by atoms with Crippen LogP contribution in [-0.2, 0) is 25.8 Å². The maximum absolute atomic E-state index is 4.19. The van der Waals surface area contributed by atoms with E-state index >= 15 is 0 Å². The molecule has 0 nitrogen and oxygen atoms in total.